The van der Waals surface area contributed by atoms with Crippen LogP contribution >= 0.6 is 0 Å². The first-order valence-electron chi connectivity index (χ1n) is 6.77. The van der Waals surface area contributed by atoms with Crippen molar-refractivity contribution < 1.29 is 4.79 Å². The Morgan fingerprint density at radius 2 is 1.76 bits per heavy atom. The Bertz CT molecular complexity index is 969. The summed E-state index contributed by atoms with van der Waals surface area (Å²) in [5.74, 6) is -0.0185. The number of fused-ring (bicyclic) bond motifs is 2. The molecule has 0 spiro atoms. The molecule has 3 nitrogen and oxygen atoms in total. The van der Waals surface area contributed by atoms with E-state index in [1.54, 1.807) is 12.4 Å². The average Bonchev–Trinajstić information content (AvgIpc) is 3.02. The Hall–Kier alpha value is -2.94. The fourth-order valence-corrected chi connectivity index (χ4v) is 2.61. The summed E-state index contributed by atoms with van der Waals surface area (Å²) in [5, 5.41) is 2.20. The molecule has 0 saturated carbocycles. The Morgan fingerprint density at radius 1 is 0.905 bits per heavy atom. The fourth-order valence-electron chi connectivity index (χ4n) is 2.61. The van der Waals surface area contributed by atoms with Crippen LogP contribution in [0.5, 0.6) is 0 Å². The van der Waals surface area contributed by atoms with Crippen LogP contribution in [0.4, 0.5) is 0 Å². The van der Waals surface area contributed by atoms with Crippen LogP contribution in [0.3, 0.4) is 0 Å². The van der Waals surface area contributed by atoms with Crippen molar-refractivity contribution in [1.82, 2.24) is 9.38 Å². The number of hydrogen-bond acceptors (Lipinski definition) is 2. The molecule has 3 heteroatoms. The lowest BCUT2D eigenvalue weighted by atomic mass is 10.0. The Morgan fingerprint density at radius 3 is 2.67 bits per heavy atom. The summed E-state index contributed by atoms with van der Waals surface area (Å²) < 4.78 is 1.87. The van der Waals surface area contributed by atoms with Crippen molar-refractivity contribution in [2.75, 3.05) is 0 Å². The summed E-state index contributed by atoms with van der Waals surface area (Å²) in [6, 6.07) is 17.6. The van der Waals surface area contributed by atoms with Gasteiger partial charge in [-0.15, -0.1) is 0 Å². The fraction of sp³-hybridized carbons (Fsp3) is 0. The van der Waals surface area contributed by atoms with Gasteiger partial charge in [0.2, 0.25) is 5.78 Å². The first-order chi connectivity index (χ1) is 10.3. The molecule has 0 radical (unpaired) electrons. The highest BCUT2D eigenvalue weighted by molar-refractivity contribution is 6.09. The van der Waals surface area contributed by atoms with Crippen LogP contribution in [-0.2, 0) is 0 Å². The van der Waals surface area contributed by atoms with E-state index in [1.807, 2.05) is 65.2 Å². The Balaban J connectivity index is 1.88. The van der Waals surface area contributed by atoms with Crippen LogP contribution in [0, 0.1) is 0 Å². The van der Waals surface area contributed by atoms with E-state index in [0.29, 0.717) is 11.3 Å². The molecule has 2 aromatic carbocycles. The number of carbonyl (C=O) groups excluding carboxylic acids is 1. The summed E-state index contributed by atoms with van der Waals surface area (Å²) in [5.41, 5.74) is 2.17. The van der Waals surface area contributed by atoms with Crippen molar-refractivity contribution in [2.45, 2.75) is 0 Å². The molecule has 0 bridgehead atoms. The maximum absolute atomic E-state index is 12.7. The second-order valence-electron chi connectivity index (χ2n) is 4.99. The molecule has 0 aliphatic carbocycles. The predicted molar refractivity (Wildman–Crippen MR) is 82.6 cm³/mol. The van der Waals surface area contributed by atoms with E-state index in [9.17, 15) is 4.79 Å². The standard InChI is InChI=1S/C18H12N2O/c21-18(17-12-19-11-16-6-3-9-20(16)17)15-8-7-13-4-1-2-5-14(13)10-15/h1-12H. The van der Waals surface area contributed by atoms with Gasteiger partial charge in [0.1, 0.15) is 5.69 Å². The van der Waals surface area contributed by atoms with Crippen molar-refractivity contribution in [3.63, 3.8) is 0 Å². The lowest BCUT2D eigenvalue weighted by molar-refractivity contribution is 0.103. The molecule has 0 aliphatic heterocycles. The van der Waals surface area contributed by atoms with Crippen molar-refractivity contribution in [3.8, 4) is 0 Å². The van der Waals surface area contributed by atoms with E-state index >= 15 is 0 Å². The van der Waals surface area contributed by atoms with Gasteiger partial charge in [0.25, 0.3) is 0 Å². The molecule has 4 rings (SSSR count). The molecule has 0 amide bonds. The van der Waals surface area contributed by atoms with E-state index in [4.69, 9.17) is 0 Å². The third-order valence-electron chi connectivity index (χ3n) is 3.69. The van der Waals surface area contributed by atoms with Gasteiger partial charge in [-0.1, -0.05) is 36.4 Å². The number of rotatable bonds is 2. The molecule has 0 saturated heterocycles. The van der Waals surface area contributed by atoms with E-state index < -0.39 is 0 Å². The monoisotopic (exact) mass is 272 g/mol. The number of nitrogens with zero attached hydrogens (tertiary/aromatic N) is 2. The van der Waals surface area contributed by atoms with Gasteiger partial charge in [0, 0.05) is 11.8 Å². The molecule has 0 N–H and O–H groups in total. The highest BCUT2D eigenvalue weighted by Crippen LogP contribution is 2.18. The summed E-state index contributed by atoms with van der Waals surface area (Å²) in [7, 11) is 0. The summed E-state index contributed by atoms with van der Waals surface area (Å²) in [4.78, 5) is 16.9. The molecule has 2 heterocycles. The molecule has 0 unspecified atom stereocenters. The summed E-state index contributed by atoms with van der Waals surface area (Å²) in [6.45, 7) is 0. The second kappa shape index (κ2) is 4.56. The predicted octanol–water partition coefficient (Wildman–Crippen LogP) is 3.72. The highest BCUT2D eigenvalue weighted by atomic mass is 16.1. The third kappa shape index (κ3) is 1.91. The smallest absolute Gasteiger partial charge is 0.211 e. The summed E-state index contributed by atoms with van der Waals surface area (Å²) in [6.07, 6.45) is 5.24. The minimum Gasteiger partial charge on any atom is -0.311 e. The van der Waals surface area contributed by atoms with Gasteiger partial charge in [0.15, 0.2) is 0 Å². The molecular formula is C18H12N2O. The number of ketones is 1. The maximum Gasteiger partial charge on any atom is 0.211 e. The van der Waals surface area contributed by atoms with Gasteiger partial charge in [-0.2, -0.15) is 0 Å². The molecule has 100 valence electrons. The Kier molecular flexibility index (Phi) is 2.57. The zero-order chi connectivity index (χ0) is 14.2. The van der Waals surface area contributed by atoms with Crippen LogP contribution in [0.25, 0.3) is 16.3 Å². The average molecular weight is 272 g/mol. The molecule has 0 aliphatic rings. The zero-order valence-corrected chi connectivity index (χ0v) is 11.2. The van der Waals surface area contributed by atoms with Gasteiger partial charge >= 0.3 is 0 Å². The van der Waals surface area contributed by atoms with E-state index in [-0.39, 0.29) is 5.78 Å². The number of benzene rings is 2. The topological polar surface area (TPSA) is 34.4 Å². The third-order valence-corrected chi connectivity index (χ3v) is 3.69. The van der Waals surface area contributed by atoms with E-state index in [0.717, 1.165) is 16.3 Å². The Labute approximate surface area is 121 Å². The van der Waals surface area contributed by atoms with Crippen LogP contribution < -0.4 is 0 Å². The first kappa shape index (κ1) is 11.9. The highest BCUT2D eigenvalue weighted by Gasteiger charge is 2.13. The number of carbonyl (C=O) groups is 1. The van der Waals surface area contributed by atoms with Gasteiger partial charge < -0.3 is 4.40 Å². The lowest BCUT2D eigenvalue weighted by Gasteiger charge is -2.06. The second-order valence-corrected chi connectivity index (χ2v) is 4.99. The maximum atomic E-state index is 12.7. The van der Waals surface area contributed by atoms with Crippen molar-refractivity contribution in [1.29, 1.82) is 0 Å². The summed E-state index contributed by atoms with van der Waals surface area (Å²) >= 11 is 0. The normalized spacial score (nSPS) is 11.0. The van der Waals surface area contributed by atoms with Crippen LogP contribution in [-0.4, -0.2) is 15.2 Å². The van der Waals surface area contributed by atoms with E-state index in [1.165, 1.54) is 0 Å². The lowest BCUT2D eigenvalue weighted by Crippen LogP contribution is -2.07. The molecule has 4 aromatic rings. The quantitative estimate of drug-likeness (QED) is 0.521. The van der Waals surface area contributed by atoms with Crippen LogP contribution in [0.1, 0.15) is 16.1 Å². The SMILES string of the molecule is O=C(c1ccc2ccccc2c1)c1cncc2cccn12. The molecule has 21 heavy (non-hydrogen) atoms. The van der Waals surface area contributed by atoms with Crippen molar-refractivity contribution in [2.24, 2.45) is 0 Å². The minimum absolute atomic E-state index is 0.0185. The zero-order valence-electron chi connectivity index (χ0n) is 11.2. The van der Waals surface area contributed by atoms with Gasteiger partial charge in [-0.05, 0) is 29.0 Å². The molecule has 2 aromatic heterocycles. The van der Waals surface area contributed by atoms with Crippen molar-refractivity contribution in [3.05, 3.63) is 84.4 Å². The number of aromatic nitrogens is 2. The van der Waals surface area contributed by atoms with Gasteiger partial charge in [0.05, 0.1) is 17.9 Å². The van der Waals surface area contributed by atoms with Crippen molar-refractivity contribution >= 4 is 22.1 Å². The van der Waals surface area contributed by atoms with E-state index in [2.05, 4.69) is 4.98 Å². The van der Waals surface area contributed by atoms with Gasteiger partial charge in [-0.3, -0.25) is 9.78 Å². The molecule has 0 fully saturated rings. The largest absolute Gasteiger partial charge is 0.311 e. The number of hydrogen-bond donors (Lipinski definition) is 0. The minimum atomic E-state index is -0.0185. The van der Waals surface area contributed by atoms with Crippen LogP contribution in [0.15, 0.2) is 73.2 Å². The van der Waals surface area contributed by atoms with Gasteiger partial charge in [-0.25, -0.2) is 0 Å². The van der Waals surface area contributed by atoms with Crippen LogP contribution in [0.2, 0.25) is 0 Å². The molecule has 0 atom stereocenters. The first-order valence-corrected chi connectivity index (χ1v) is 6.77. The molecular weight excluding hydrogens is 260 g/mol.